The summed E-state index contributed by atoms with van der Waals surface area (Å²) in [5.41, 5.74) is 1.37. The van der Waals surface area contributed by atoms with Crippen LogP contribution in [0.1, 0.15) is 19.3 Å². The van der Waals surface area contributed by atoms with Gasteiger partial charge < -0.3 is 0 Å². The average molecular weight is 243 g/mol. The standard InChI is InChI=1S/C10H7.C5.Fe/c1-2-6-9(5-1)10-7-3-4-8-10;1-2-4-5-3-1;/h5H,1-2,6H2;;. The van der Waals surface area contributed by atoms with Crippen molar-refractivity contribution in [1.82, 2.24) is 0 Å². The van der Waals surface area contributed by atoms with Crippen molar-refractivity contribution in [3.05, 3.63) is 75.4 Å². The first-order chi connectivity index (χ1) is 7.47. The summed E-state index contributed by atoms with van der Waals surface area (Å²) >= 11 is 0. The van der Waals surface area contributed by atoms with Gasteiger partial charge in [0, 0.05) is 80.8 Å². The van der Waals surface area contributed by atoms with Gasteiger partial charge in [0.25, 0.3) is 0 Å². The molecule has 0 atom stereocenters. The minimum Gasteiger partial charge on any atom is -0.0847 e. The normalized spacial score (nSPS) is 24.6. The predicted molar refractivity (Wildman–Crippen MR) is 54.4 cm³/mol. The summed E-state index contributed by atoms with van der Waals surface area (Å²) in [6.07, 6.45) is 29.9. The summed E-state index contributed by atoms with van der Waals surface area (Å²) in [5, 5.41) is 0. The number of hydrogen-bond acceptors (Lipinski definition) is 0. The Morgan fingerprint density at radius 3 is 1.81 bits per heavy atom. The van der Waals surface area contributed by atoms with Gasteiger partial charge in [0.2, 0.25) is 0 Å². The maximum atomic E-state index is 2.97. The van der Waals surface area contributed by atoms with Crippen LogP contribution in [0.2, 0.25) is 0 Å². The monoisotopic (exact) mass is 243 g/mol. The Hall–Kier alpha value is 0.259. The minimum atomic E-state index is 0. The van der Waals surface area contributed by atoms with Gasteiger partial charge in [-0.05, 0) is 19.3 Å². The molecule has 3 aliphatic carbocycles. The molecule has 19 radical (unpaired) electrons. The quantitative estimate of drug-likeness (QED) is 0.620. The van der Waals surface area contributed by atoms with Crippen LogP contribution < -0.4 is 0 Å². The largest absolute Gasteiger partial charge is 0.0847 e. The predicted octanol–water partition coefficient (Wildman–Crippen LogP) is 2.41. The summed E-state index contributed by atoms with van der Waals surface area (Å²) in [6, 6.07) is 0. The first-order valence-corrected chi connectivity index (χ1v) is 4.80. The number of rotatable bonds is 1. The maximum Gasteiger partial charge on any atom is 0.0166 e. The van der Waals surface area contributed by atoms with Crippen molar-refractivity contribution in [2.75, 3.05) is 0 Å². The van der Waals surface area contributed by atoms with Crippen molar-refractivity contribution in [3.8, 4) is 0 Å². The van der Waals surface area contributed by atoms with Crippen LogP contribution in [0.3, 0.4) is 0 Å². The molecule has 3 rings (SSSR count). The van der Waals surface area contributed by atoms with Crippen LogP contribution in [0.4, 0.5) is 0 Å². The third kappa shape index (κ3) is 4.63. The molecule has 0 aliphatic heterocycles. The van der Waals surface area contributed by atoms with Crippen LogP contribution >= 0.6 is 0 Å². The molecule has 0 aromatic heterocycles. The number of allylic oxidation sites excluding steroid dienone is 2. The van der Waals surface area contributed by atoms with Crippen LogP contribution in [0.5, 0.6) is 0 Å². The van der Waals surface area contributed by atoms with E-state index in [4.69, 9.17) is 0 Å². The van der Waals surface area contributed by atoms with Crippen LogP contribution in [-0.2, 0) is 17.1 Å². The van der Waals surface area contributed by atoms with E-state index in [1.54, 1.807) is 0 Å². The molecule has 0 aromatic carbocycles. The molecule has 0 amide bonds. The molecule has 0 aromatic rings. The number of hydrogen-bond donors (Lipinski definition) is 0. The van der Waals surface area contributed by atoms with Crippen LogP contribution in [0.25, 0.3) is 0 Å². The van der Waals surface area contributed by atoms with E-state index in [-0.39, 0.29) is 17.1 Å². The molecule has 75 valence electrons. The third-order valence-corrected chi connectivity index (χ3v) is 2.11. The van der Waals surface area contributed by atoms with Crippen LogP contribution in [0, 0.1) is 63.7 Å². The fourth-order valence-corrected chi connectivity index (χ4v) is 1.43. The van der Waals surface area contributed by atoms with Crippen LogP contribution in [-0.4, -0.2) is 0 Å². The molecule has 2 fully saturated rings. The fraction of sp³-hybridized carbons (Fsp3) is 0.200. The summed E-state index contributed by atoms with van der Waals surface area (Å²) < 4.78 is 0. The second kappa shape index (κ2) is 8.36. The molecule has 0 heterocycles. The summed E-state index contributed by atoms with van der Waals surface area (Å²) in [4.78, 5) is 0. The fourth-order valence-electron chi connectivity index (χ4n) is 1.43. The molecule has 0 unspecified atom stereocenters. The van der Waals surface area contributed by atoms with Gasteiger partial charge in [0.1, 0.15) is 0 Å². The minimum absolute atomic E-state index is 0. The second-order valence-electron chi connectivity index (χ2n) is 3.12. The van der Waals surface area contributed by atoms with Crippen molar-refractivity contribution in [2.45, 2.75) is 19.3 Å². The Bertz CT molecular complexity index is 190. The summed E-state index contributed by atoms with van der Waals surface area (Å²) in [5.74, 6) is 1.07. The topological polar surface area (TPSA) is 0 Å². The van der Waals surface area contributed by atoms with Gasteiger partial charge in [0.05, 0.1) is 0 Å². The van der Waals surface area contributed by atoms with Crippen molar-refractivity contribution in [2.24, 2.45) is 0 Å². The third-order valence-electron chi connectivity index (χ3n) is 2.11. The smallest absolute Gasteiger partial charge is 0.0166 e. The van der Waals surface area contributed by atoms with E-state index >= 15 is 0 Å². The van der Waals surface area contributed by atoms with Crippen molar-refractivity contribution in [1.29, 1.82) is 0 Å². The van der Waals surface area contributed by atoms with Crippen molar-refractivity contribution < 1.29 is 17.1 Å². The van der Waals surface area contributed by atoms with E-state index in [1.807, 2.05) is 0 Å². The molecular weight excluding hydrogens is 236 g/mol. The SMILES string of the molecule is [C]1[C][C][C](C2=CCCC2)[C]1.[C]1[C][C][C][C]1.[Fe]. The summed E-state index contributed by atoms with van der Waals surface area (Å²) in [7, 11) is 0. The van der Waals surface area contributed by atoms with Gasteiger partial charge in [-0.3, -0.25) is 0 Å². The zero-order valence-corrected chi connectivity index (χ0v) is 9.66. The van der Waals surface area contributed by atoms with Crippen molar-refractivity contribution >= 4 is 0 Å². The van der Waals surface area contributed by atoms with E-state index < -0.39 is 0 Å². The maximum absolute atomic E-state index is 2.97. The molecule has 2 saturated carbocycles. The Balaban J connectivity index is 0.000000183. The molecule has 0 saturated heterocycles. The van der Waals surface area contributed by atoms with Gasteiger partial charge >= 0.3 is 0 Å². The molecule has 3 aliphatic rings. The summed E-state index contributed by atoms with van der Waals surface area (Å²) in [6.45, 7) is 0. The first kappa shape index (κ1) is 14.3. The van der Waals surface area contributed by atoms with Crippen LogP contribution in [0.15, 0.2) is 11.6 Å². The Kier molecular flexibility index (Phi) is 7.49. The van der Waals surface area contributed by atoms with E-state index in [9.17, 15) is 0 Å². The van der Waals surface area contributed by atoms with Gasteiger partial charge in [-0.15, -0.1) is 0 Å². The Morgan fingerprint density at radius 2 is 1.38 bits per heavy atom. The molecule has 1 heteroatoms. The molecule has 16 heavy (non-hydrogen) atoms. The Morgan fingerprint density at radius 1 is 0.812 bits per heavy atom. The molecule has 0 nitrogen and oxygen atoms in total. The second-order valence-corrected chi connectivity index (χ2v) is 3.12. The van der Waals surface area contributed by atoms with E-state index in [2.05, 4.69) is 63.9 Å². The van der Waals surface area contributed by atoms with E-state index in [0.717, 1.165) is 5.92 Å². The van der Waals surface area contributed by atoms with E-state index in [1.165, 1.54) is 24.8 Å². The van der Waals surface area contributed by atoms with Gasteiger partial charge in [0.15, 0.2) is 0 Å². The molecule has 0 spiro atoms. The van der Waals surface area contributed by atoms with Gasteiger partial charge in [-0.1, -0.05) is 11.6 Å². The van der Waals surface area contributed by atoms with Gasteiger partial charge in [-0.25, -0.2) is 0 Å². The molecular formula is C15H7Fe. The zero-order valence-electron chi connectivity index (χ0n) is 8.55. The molecule has 0 N–H and O–H groups in total. The zero-order chi connectivity index (χ0) is 10.3. The first-order valence-electron chi connectivity index (χ1n) is 4.80. The molecule has 0 bridgehead atoms. The van der Waals surface area contributed by atoms with E-state index in [0.29, 0.717) is 0 Å². The average Bonchev–Trinajstić information content (AvgIpc) is 3.06. The van der Waals surface area contributed by atoms with Gasteiger partial charge in [-0.2, -0.15) is 0 Å². The Labute approximate surface area is 112 Å². The van der Waals surface area contributed by atoms with Crippen molar-refractivity contribution in [3.63, 3.8) is 0 Å².